The second-order valence-electron chi connectivity index (χ2n) is 8.88. The molecule has 194 valence electrons. The number of aryl methyl sites for hydroxylation is 1. The molecule has 0 aliphatic carbocycles. The molecule has 0 fully saturated rings. The number of sulfonamides is 1. The van der Waals surface area contributed by atoms with Gasteiger partial charge in [-0.2, -0.15) is 0 Å². The summed E-state index contributed by atoms with van der Waals surface area (Å²) in [6.07, 6.45) is 5.43. The minimum Gasteiger partial charge on any atom is -0.454 e. The SMILES string of the molecule is C/C=C/c1ccc(S(=O)(=O)NC(=O)C(c2ccc3c(c2)OCO3)c2cn(C)c3cc(C(N)=O)ccc23)cc1. The number of amides is 2. The summed E-state index contributed by atoms with van der Waals surface area (Å²) in [4.78, 5) is 25.5. The van der Waals surface area contributed by atoms with Gasteiger partial charge in [0, 0.05) is 29.7 Å². The summed E-state index contributed by atoms with van der Waals surface area (Å²) in [7, 11) is -2.40. The minimum atomic E-state index is -4.18. The second-order valence-corrected chi connectivity index (χ2v) is 10.6. The molecule has 2 heterocycles. The molecule has 10 heteroatoms. The van der Waals surface area contributed by atoms with Crippen LogP contribution in [-0.4, -0.2) is 31.6 Å². The van der Waals surface area contributed by atoms with Crippen molar-refractivity contribution >= 4 is 38.8 Å². The number of hydrogen-bond acceptors (Lipinski definition) is 6. The molecule has 3 N–H and O–H groups in total. The molecule has 0 saturated heterocycles. The Bertz CT molecular complexity index is 1700. The van der Waals surface area contributed by atoms with Crippen molar-refractivity contribution in [1.29, 1.82) is 0 Å². The summed E-state index contributed by atoms with van der Waals surface area (Å²) in [6, 6.07) is 16.2. The molecular formula is C28H25N3O6S. The molecule has 1 unspecified atom stereocenters. The molecule has 0 spiro atoms. The molecule has 0 bridgehead atoms. The number of aromatic nitrogens is 1. The third kappa shape index (κ3) is 4.61. The van der Waals surface area contributed by atoms with E-state index >= 15 is 0 Å². The fourth-order valence-electron chi connectivity index (χ4n) is 4.56. The second kappa shape index (κ2) is 9.71. The summed E-state index contributed by atoms with van der Waals surface area (Å²) in [6.45, 7) is 1.92. The minimum absolute atomic E-state index is 0.0347. The molecule has 1 aliphatic rings. The molecule has 9 nitrogen and oxygen atoms in total. The van der Waals surface area contributed by atoms with Gasteiger partial charge in [-0.1, -0.05) is 36.4 Å². The van der Waals surface area contributed by atoms with Gasteiger partial charge in [0.05, 0.1) is 10.8 Å². The van der Waals surface area contributed by atoms with E-state index in [1.807, 2.05) is 19.1 Å². The van der Waals surface area contributed by atoms with E-state index < -0.39 is 27.8 Å². The normalized spacial score (nSPS) is 13.6. The van der Waals surface area contributed by atoms with Crippen molar-refractivity contribution in [1.82, 2.24) is 9.29 Å². The Hall–Kier alpha value is -4.57. The Balaban J connectivity index is 1.59. The largest absolute Gasteiger partial charge is 0.454 e. The van der Waals surface area contributed by atoms with Crippen molar-refractivity contribution in [3.8, 4) is 11.5 Å². The van der Waals surface area contributed by atoms with Crippen LogP contribution in [0.5, 0.6) is 11.5 Å². The molecule has 0 saturated carbocycles. The molecule has 0 radical (unpaired) electrons. The van der Waals surface area contributed by atoms with Crippen LogP contribution in [0.3, 0.4) is 0 Å². The molecule has 4 aromatic rings. The third-order valence-corrected chi connectivity index (χ3v) is 7.76. The number of benzene rings is 3. The van der Waals surface area contributed by atoms with Crippen LogP contribution in [0.2, 0.25) is 0 Å². The first-order valence-electron chi connectivity index (χ1n) is 11.8. The van der Waals surface area contributed by atoms with Crippen molar-refractivity contribution in [2.45, 2.75) is 17.7 Å². The van der Waals surface area contributed by atoms with E-state index in [2.05, 4.69) is 4.72 Å². The van der Waals surface area contributed by atoms with E-state index in [9.17, 15) is 18.0 Å². The zero-order chi connectivity index (χ0) is 27.0. The first kappa shape index (κ1) is 25.1. The number of primary amides is 1. The molecule has 1 aliphatic heterocycles. The van der Waals surface area contributed by atoms with Gasteiger partial charge in [0.1, 0.15) is 0 Å². The number of carbonyl (C=O) groups is 2. The average molecular weight is 532 g/mol. The highest BCUT2D eigenvalue weighted by Gasteiger charge is 2.31. The molecule has 1 aromatic heterocycles. The Kier molecular flexibility index (Phi) is 6.41. The van der Waals surface area contributed by atoms with Crippen LogP contribution in [0.1, 0.15) is 39.9 Å². The Morgan fingerprint density at radius 3 is 2.47 bits per heavy atom. The summed E-state index contributed by atoms with van der Waals surface area (Å²) in [5.41, 5.74) is 8.33. The quantitative estimate of drug-likeness (QED) is 0.374. The van der Waals surface area contributed by atoms with Crippen LogP contribution in [0.15, 0.2) is 77.8 Å². The fourth-order valence-corrected chi connectivity index (χ4v) is 5.56. The first-order chi connectivity index (χ1) is 18.2. The Morgan fingerprint density at radius 2 is 1.76 bits per heavy atom. The number of ether oxygens (including phenoxy) is 2. The standard InChI is InChI=1S/C28H25N3O6S/c1-3-4-17-5-9-20(10-6-17)38(34,35)30-28(33)26(18-8-12-24-25(14-18)37-16-36-24)22-15-31(2)23-13-19(27(29)32)7-11-21(22)23/h3-15,26H,16H2,1-2H3,(H2,29,32)(H,30,33)/b4-3+. The molecule has 3 aromatic carbocycles. The summed E-state index contributed by atoms with van der Waals surface area (Å²) in [5.74, 6) is -1.35. The zero-order valence-electron chi connectivity index (χ0n) is 20.7. The Labute approximate surface area is 219 Å². The number of nitrogens with one attached hydrogen (secondary N) is 1. The first-order valence-corrected chi connectivity index (χ1v) is 13.2. The molecule has 1 atom stereocenters. The molecule has 2 amide bonds. The van der Waals surface area contributed by atoms with Crippen molar-refractivity contribution in [3.05, 3.63) is 95.2 Å². The van der Waals surface area contributed by atoms with E-state index in [1.165, 1.54) is 12.1 Å². The number of rotatable bonds is 7. The third-order valence-electron chi connectivity index (χ3n) is 6.39. The van der Waals surface area contributed by atoms with Gasteiger partial charge in [-0.25, -0.2) is 13.1 Å². The van der Waals surface area contributed by atoms with Gasteiger partial charge in [-0.3, -0.25) is 9.59 Å². The van der Waals surface area contributed by atoms with E-state index in [0.29, 0.717) is 39.1 Å². The smallest absolute Gasteiger partial charge is 0.264 e. The van der Waals surface area contributed by atoms with Crippen LogP contribution < -0.4 is 19.9 Å². The van der Waals surface area contributed by atoms with Crippen LogP contribution >= 0.6 is 0 Å². The number of hydrogen-bond donors (Lipinski definition) is 2. The number of carbonyl (C=O) groups excluding carboxylic acids is 2. The van der Waals surface area contributed by atoms with Gasteiger partial charge in [0.2, 0.25) is 18.6 Å². The zero-order valence-corrected chi connectivity index (χ0v) is 21.5. The van der Waals surface area contributed by atoms with Gasteiger partial charge in [0.15, 0.2) is 11.5 Å². The molecule has 5 rings (SSSR count). The van der Waals surface area contributed by atoms with E-state index in [-0.39, 0.29) is 11.7 Å². The van der Waals surface area contributed by atoms with Crippen molar-refractivity contribution in [2.24, 2.45) is 12.8 Å². The molecular weight excluding hydrogens is 506 g/mol. The van der Waals surface area contributed by atoms with Crippen molar-refractivity contribution < 1.29 is 27.5 Å². The van der Waals surface area contributed by atoms with E-state index in [0.717, 1.165) is 5.56 Å². The van der Waals surface area contributed by atoms with Gasteiger partial charge in [0.25, 0.3) is 10.0 Å². The average Bonchev–Trinajstić information content (AvgIpc) is 3.48. The Morgan fingerprint density at radius 1 is 1.03 bits per heavy atom. The van der Waals surface area contributed by atoms with Crippen LogP contribution in [0, 0.1) is 0 Å². The van der Waals surface area contributed by atoms with E-state index in [4.69, 9.17) is 15.2 Å². The number of nitrogens with zero attached hydrogens (tertiary/aromatic N) is 1. The maximum Gasteiger partial charge on any atom is 0.264 e. The lowest BCUT2D eigenvalue weighted by Gasteiger charge is -2.18. The predicted molar refractivity (Wildman–Crippen MR) is 142 cm³/mol. The fraction of sp³-hybridized carbons (Fsp3) is 0.143. The topological polar surface area (TPSA) is 130 Å². The van der Waals surface area contributed by atoms with Gasteiger partial charge < -0.3 is 19.8 Å². The number of allylic oxidation sites excluding steroid dienone is 1. The van der Waals surface area contributed by atoms with E-state index in [1.54, 1.807) is 66.3 Å². The lowest BCUT2D eigenvalue weighted by molar-refractivity contribution is -0.119. The maximum absolute atomic E-state index is 13.8. The number of fused-ring (bicyclic) bond motifs is 2. The monoisotopic (exact) mass is 531 g/mol. The predicted octanol–water partition coefficient (Wildman–Crippen LogP) is 3.68. The highest BCUT2D eigenvalue weighted by molar-refractivity contribution is 7.90. The van der Waals surface area contributed by atoms with Gasteiger partial charge in [-0.15, -0.1) is 0 Å². The van der Waals surface area contributed by atoms with Gasteiger partial charge in [-0.05, 0) is 60.0 Å². The van der Waals surface area contributed by atoms with Crippen LogP contribution in [0.25, 0.3) is 17.0 Å². The lowest BCUT2D eigenvalue weighted by Crippen LogP contribution is -2.35. The number of nitrogens with two attached hydrogens (primary N) is 1. The maximum atomic E-state index is 13.8. The highest BCUT2D eigenvalue weighted by Crippen LogP contribution is 2.39. The van der Waals surface area contributed by atoms with Crippen LogP contribution in [-0.2, 0) is 21.9 Å². The summed E-state index contributed by atoms with van der Waals surface area (Å²) >= 11 is 0. The lowest BCUT2D eigenvalue weighted by atomic mass is 9.90. The van der Waals surface area contributed by atoms with Crippen LogP contribution in [0.4, 0.5) is 0 Å². The van der Waals surface area contributed by atoms with Crippen molar-refractivity contribution in [3.63, 3.8) is 0 Å². The van der Waals surface area contributed by atoms with Gasteiger partial charge >= 0.3 is 0 Å². The highest BCUT2D eigenvalue weighted by atomic mass is 32.2. The van der Waals surface area contributed by atoms with Crippen molar-refractivity contribution in [2.75, 3.05) is 6.79 Å². The summed E-state index contributed by atoms with van der Waals surface area (Å²) in [5, 5.41) is 0.670. The summed E-state index contributed by atoms with van der Waals surface area (Å²) < 4.78 is 41.3. The molecule has 38 heavy (non-hydrogen) atoms.